The molecular weight excluding hydrogens is 242 g/mol. The number of β-amino-alcohol motifs (C(OH)–C–C–N with tert-alkyl or cyclic N) is 1. The number of hydrogen-bond donors (Lipinski definition) is 2. The molecule has 0 aromatic heterocycles. The molecule has 1 aliphatic rings. The Bertz CT molecular complexity index is 276. The largest absolute Gasteiger partial charge is 0.392 e. The second-order valence-corrected chi connectivity index (χ2v) is 5.05. The van der Waals surface area contributed by atoms with E-state index in [-0.39, 0.29) is 12.0 Å². The van der Waals surface area contributed by atoms with Crippen LogP contribution < -0.4 is 5.32 Å². The highest BCUT2D eigenvalue weighted by atomic mass is 16.3. The summed E-state index contributed by atoms with van der Waals surface area (Å²) in [4.78, 5) is 15.9. The van der Waals surface area contributed by atoms with Crippen molar-refractivity contribution in [1.29, 1.82) is 0 Å². The molecule has 0 aromatic carbocycles. The highest BCUT2D eigenvalue weighted by Gasteiger charge is 2.20. The summed E-state index contributed by atoms with van der Waals surface area (Å²) in [6.07, 6.45) is 3.21. The molecule has 110 valence electrons. The molecule has 0 aromatic rings. The van der Waals surface area contributed by atoms with Gasteiger partial charge in [-0.05, 0) is 19.8 Å². The first-order chi connectivity index (χ1) is 9.15. The quantitative estimate of drug-likeness (QED) is 0.612. The maximum atomic E-state index is 11.5. The number of piperazine rings is 1. The molecule has 0 radical (unpaired) electrons. The first-order valence-corrected chi connectivity index (χ1v) is 7.16. The van der Waals surface area contributed by atoms with Crippen molar-refractivity contribution in [1.82, 2.24) is 15.1 Å². The fourth-order valence-electron chi connectivity index (χ4n) is 2.29. The molecule has 5 nitrogen and oxygen atoms in total. The van der Waals surface area contributed by atoms with E-state index < -0.39 is 0 Å². The molecule has 1 amide bonds. The van der Waals surface area contributed by atoms with Crippen molar-refractivity contribution in [3.63, 3.8) is 0 Å². The molecule has 0 spiro atoms. The van der Waals surface area contributed by atoms with Crippen molar-refractivity contribution >= 4 is 5.91 Å². The van der Waals surface area contributed by atoms with Crippen LogP contribution in [0.5, 0.6) is 0 Å². The Morgan fingerprint density at radius 3 is 2.58 bits per heavy atom. The van der Waals surface area contributed by atoms with Crippen LogP contribution in [0.25, 0.3) is 0 Å². The van der Waals surface area contributed by atoms with Gasteiger partial charge in [-0.25, -0.2) is 0 Å². The molecular formula is C14H27N3O2. The monoisotopic (exact) mass is 269 g/mol. The average Bonchev–Trinajstić information content (AvgIpc) is 2.39. The molecule has 1 heterocycles. The van der Waals surface area contributed by atoms with Crippen molar-refractivity contribution in [2.75, 3.05) is 45.8 Å². The summed E-state index contributed by atoms with van der Waals surface area (Å²) in [6.45, 7) is 11.1. The molecule has 1 fully saturated rings. The van der Waals surface area contributed by atoms with Crippen LogP contribution in [0.4, 0.5) is 0 Å². The summed E-state index contributed by atoms with van der Waals surface area (Å²) in [6, 6.07) is 0. The van der Waals surface area contributed by atoms with Gasteiger partial charge >= 0.3 is 0 Å². The van der Waals surface area contributed by atoms with E-state index in [1.165, 1.54) is 0 Å². The average molecular weight is 269 g/mol. The van der Waals surface area contributed by atoms with E-state index in [2.05, 4.69) is 21.7 Å². The van der Waals surface area contributed by atoms with Crippen LogP contribution in [-0.2, 0) is 4.79 Å². The van der Waals surface area contributed by atoms with E-state index in [9.17, 15) is 9.90 Å². The van der Waals surface area contributed by atoms with Crippen LogP contribution in [0.3, 0.4) is 0 Å². The summed E-state index contributed by atoms with van der Waals surface area (Å²) >= 11 is 0. The van der Waals surface area contributed by atoms with Crippen LogP contribution in [0, 0.1) is 0 Å². The number of rotatable bonds is 8. The molecule has 1 saturated heterocycles. The normalized spacial score (nSPS) is 19.1. The standard InChI is InChI=1S/C14H27N3O2/c1-3-5-6-13(18)11-16-7-9-17(10-8-16)12-14(19)15-4-2/h3,13,18H,1,4-12H2,2H3,(H,15,19). The maximum Gasteiger partial charge on any atom is 0.234 e. The number of nitrogens with zero attached hydrogens (tertiary/aromatic N) is 2. The van der Waals surface area contributed by atoms with Crippen molar-refractivity contribution < 1.29 is 9.90 Å². The number of hydrogen-bond acceptors (Lipinski definition) is 4. The number of allylic oxidation sites excluding steroid dienone is 1. The molecule has 1 aliphatic heterocycles. The SMILES string of the molecule is C=CCCC(O)CN1CCN(CC(=O)NCC)CC1. The van der Waals surface area contributed by atoms with Gasteiger partial charge in [-0.3, -0.25) is 14.6 Å². The number of likely N-dealkylation sites (N-methyl/N-ethyl adjacent to an activating group) is 1. The fraction of sp³-hybridized carbons (Fsp3) is 0.786. The second-order valence-electron chi connectivity index (χ2n) is 5.05. The van der Waals surface area contributed by atoms with Crippen LogP contribution in [0.2, 0.25) is 0 Å². The van der Waals surface area contributed by atoms with E-state index in [1.54, 1.807) is 0 Å². The van der Waals surface area contributed by atoms with Crippen molar-refractivity contribution in [2.24, 2.45) is 0 Å². The molecule has 1 rings (SSSR count). The van der Waals surface area contributed by atoms with Gasteiger partial charge in [-0.15, -0.1) is 6.58 Å². The zero-order chi connectivity index (χ0) is 14.1. The topological polar surface area (TPSA) is 55.8 Å². The summed E-state index contributed by atoms with van der Waals surface area (Å²) < 4.78 is 0. The number of amides is 1. The van der Waals surface area contributed by atoms with Crippen LogP contribution in [0.15, 0.2) is 12.7 Å². The minimum Gasteiger partial charge on any atom is -0.392 e. The van der Waals surface area contributed by atoms with Gasteiger partial charge in [0.15, 0.2) is 0 Å². The third kappa shape index (κ3) is 6.71. The predicted molar refractivity (Wildman–Crippen MR) is 77.0 cm³/mol. The van der Waals surface area contributed by atoms with Gasteiger partial charge in [0, 0.05) is 39.3 Å². The highest BCUT2D eigenvalue weighted by Crippen LogP contribution is 2.05. The van der Waals surface area contributed by atoms with E-state index in [4.69, 9.17) is 0 Å². The third-order valence-electron chi connectivity index (χ3n) is 3.38. The van der Waals surface area contributed by atoms with Crippen molar-refractivity contribution in [2.45, 2.75) is 25.9 Å². The maximum absolute atomic E-state index is 11.5. The fourth-order valence-corrected chi connectivity index (χ4v) is 2.29. The van der Waals surface area contributed by atoms with Crippen LogP contribution in [-0.4, -0.2) is 72.7 Å². The lowest BCUT2D eigenvalue weighted by Crippen LogP contribution is -2.50. The van der Waals surface area contributed by atoms with Gasteiger partial charge in [-0.1, -0.05) is 6.08 Å². The summed E-state index contributed by atoms with van der Waals surface area (Å²) in [5, 5.41) is 12.7. The third-order valence-corrected chi connectivity index (χ3v) is 3.38. The lowest BCUT2D eigenvalue weighted by molar-refractivity contribution is -0.122. The lowest BCUT2D eigenvalue weighted by atomic mass is 10.1. The zero-order valence-corrected chi connectivity index (χ0v) is 12.0. The molecule has 0 bridgehead atoms. The van der Waals surface area contributed by atoms with E-state index >= 15 is 0 Å². The minimum absolute atomic E-state index is 0.0990. The second kappa shape index (κ2) is 9.07. The molecule has 2 N–H and O–H groups in total. The lowest BCUT2D eigenvalue weighted by Gasteiger charge is -2.35. The Morgan fingerprint density at radius 2 is 2.00 bits per heavy atom. The summed E-state index contributed by atoms with van der Waals surface area (Å²) in [5.74, 6) is 0.0990. The van der Waals surface area contributed by atoms with Gasteiger partial charge in [0.05, 0.1) is 12.6 Å². The number of aliphatic hydroxyl groups excluding tert-OH is 1. The highest BCUT2D eigenvalue weighted by molar-refractivity contribution is 5.77. The Balaban J connectivity index is 2.17. The van der Waals surface area contributed by atoms with Gasteiger partial charge in [0.25, 0.3) is 0 Å². The molecule has 5 heteroatoms. The first kappa shape index (κ1) is 16.1. The van der Waals surface area contributed by atoms with Gasteiger partial charge < -0.3 is 10.4 Å². The molecule has 0 saturated carbocycles. The van der Waals surface area contributed by atoms with E-state index in [0.717, 1.165) is 45.6 Å². The van der Waals surface area contributed by atoms with E-state index in [1.807, 2.05) is 13.0 Å². The van der Waals surface area contributed by atoms with Crippen molar-refractivity contribution in [3.8, 4) is 0 Å². The Kier molecular flexibility index (Phi) is 7.70. The minimum atomic E-state index is -0.270. The Labute approximate surface area is 116 Å². The van der Waals surface area contributed by atoms with Crippen LogP contribution in [0.1, 0.15) is 19.8 Å². The molecule has 1 atom stereocenters. The first-order valence-electron chi connectivity index (χ1n) is 7.16. The smallest absolute Gasteiger partial charge is 0.234 e. The van der Waals surface area contributed by atoms with E-state index in [0.29, 0.717) is 13.1 Å². The van der Waals surface area contributed by atoms with Crippen molar-refractivity contribution in [3.05, 3.63) is 12.7 Å². The number of nitrogens with one attached hydrogen (secondary N) is 1. The van der Waals surface area contributed by atoms with Gasteiger partial charge in [0.2, 0.25) is 5.91 Å². The molecule has 1 unspecified atom stereocenters. The van der Waals surface area contributed by atoms with Gasteiger partial charge in [0.1, 0.15) is 0 Å². The summed E-state index contributed by atoms with van der Waals surface area (Å²) in [7, 11) is 0. The summed E-state index contributed by atoms with van der Waals surface area (Å²) in [5.41, 5.74) is 0. The number of aliphatic hydroxyl groups is 1. The predicted octanol–water partition coefficient (Wildman–Crippen LogP) is 0.0672. The number of carbonyl (C=O) groups is 1. The zero-order valence-electron chi connectivity index (χ0n) is 12.0. The number of carbonyl (C=O) groups excluding carboxylic acids is 1. The molecule has 19 heavy (non-hydrogen) atoms. The molecule has 0 aliphatic carbocycles. The van der Waals surface area contributed by atoms with Gasteiger partial charge in [-0.2, -0.15) is 0 Å². The van der Waals surface area contributed by atoms with Crippen LogP contribution >= 0.6 is 0 Å². The Hall–Kier alpha value is -0.910. The Morgan fingerprint density at radius 1 is 1.37 bits per heavy atom.